The number of fused-ring (bicyclic) bond motifs is 1. The van der Waals surface area contributed by atoms with Crippen LogP contribution in [0.25, 0.3) is 0 Å². The van der Waals surface area contributed by atoms with Crippen LogP contribution in [0.5, 0.6) is 0 Å². The summed E-state index contributed by atoms with van der Waals surface area (Å²) in [4.78, 5) is 20.2. The molecule has 1 aliphatic rings. The summed E-state index contributed by atoms with van der Waals surface area (Å²) in [7, 11) is 0. The lowest BCUT2D eigenvalue weighted by Gasteiger charge is -2.31. The maximum atomic E-state index is 13.2. The average Bonchev–Trinajstić information content (AvgIpc) is 2.92. The fourth-order valence-electron chi connectivity index (χ4n) is 3.79. The summed E-state index contributed by atoms with van der Waals surface area (Å²) in [6, 6.07) is 28.4. The predicted octanol–water partition coefficient (Wildman–Crippen LogP) is 6.09. The Hall–Kier alpha value is -3.20. The largest absolute Gasteiger partial charge is 0.302 e. The zero-order chi connectivity index (χ0) is 19.3. The molecule has 4 rings (SSSR count). The Morgan fingerprint density at radius 3 is 2.29 bits per heavy atom. The van der Waals surface area contributed by atoms with Gasteiger partial charge in [0.2, 0.25) is 5.91 Å². The van der Waals surface area contributed by atoms with Crippen molar-refractivity contribution in [3.8, 4) is 0 Å². The van der Waals surface area contributed by atoms with E-state index in [1.807, 2.05) is 72.5 Å². The minimum atomic E-state index is -0.0807. The van der Waals surface area contributed by atoms with Crippen molar-refractivity contribution in [2.45, 2.75) is 32.2 Å². The van der Waals surface area contributed by atoms with Crippen LogP contribution >= 0.6 is 0 Å². The van der Waals surface area contributed by atoms with Crippen LogP contribution in [-0.2, 0) is 4.79 Å². The Labute approximate surface area is 166 Å². The lowest BCUT2D eigenvalue weighted by atomic mass is 9.95. The van der Waals surface area contributed by atoms with Crippen LogP contribution in [0.1, 0.15) is 43.4 Å². The van der Waals surface area contributed by atoms with Crippen LogP contribution in [0, 0.1) is 0 Å². The maximum Gasteiger partial charge on any atom is 0.227 e. The Balaban J connectivity index is 1.89. The molecular formula is C25H24N2O. The van der Waals surface area contributed by atoms with Crippen molar-refractivity contribution >= 4 is 23.0 Å². The molecule has 0 N–H and O–H groups in total. The summed E-state index contributed by atoms with van der Waals surface area (Å²) < 4.78 is 0. The van der Waals surface area contributed by atoms with Crippen molar-refractivity contribution in [2.75, 3.05) is 4.90 Å². The molecule has 0 saturated carbocycles. The molecule has 3 aromatic rings. The minimum Gasteiger partial charge on any atom is -0.302 e. The first-order chi connectivity index (χ1) is 13.8. The van der Waals surface area contributed by atoms with Gasteiger partial charge in [0.1, 0.15) is 0 Å². The van der Waals surface area contributed by atoms with Crippen molar-refractivity contribution in [1.82, 2.24) is 0 Å². The second-order valence-electron chi connectivity index (χ2n) is 7.06. The smallest absolute Gasteiger partial charge is 0.227 e. The van der Waals surface area contributed by atoms with E-state index >= 15 is 0 Å². The summed E-state index contributed by atoms with van der Waals surface area (Å²) >= 11 is 0. The van der Waals surface area contributed by atoms with Crippen LogP contribution < -0.4 is 4.90 Å². The van der Waals surface area contributed by atoms with E-state index in [0.29, 0.717) is 12.8 Å². The number of rotatable bonds is 4. The van der Waals surface area contributed by atoms with Gasteiger partial charge >= 0.3 is 0 Å². The first-order valence-electron chi connectivity index (χ1n) is 9.87. The van der Waals surface area contributed by atoms with Gasteiger partial charge < -0.3 is 4.90 Å². The van der Waals surface area contributed by atoms with Crippen molar-refractivity contribution in [3.63, 3.8) is 0 Å². The third kappa shape index (κ3) is 3.61. The molecular weight excluding hydrogens is 344 g/mol. The van der Waals surface area contributed by atoms with Gasteiger partial charge in [-0.25, -0.2) is 0 Å². The van der Waals surface area contributed by atoms with Crippen LogP contribution in [0.4, 0.5) is 11.4 Å². The van der Waals surface area contributed by atoms with Crippen LogP contribution in [0.3, 0.4) is 0 Å². The molecule has 1 amide bonds. The minimum absolute atomic E-state index is 0.0807. The summed E-state index contributed by atoms with van der Waals surface area (Å²) in [5.74, 6) is 0.147. The molecule has 0 spiro atoms. The van der Waals surface area contributed by atoms with Gasteiger partial charge in [-0.1, -0.05) is 79.7 Å². The fourth-order valence-corrected chi connectivity index (χ4v) is 3.79. The molecule has 0 unspecified atom stereocenters. The highest BCUT2D eigenvalue weighted by atomic mass is 16.2. The molecule has 3 nitrogen and oxygen atoms in total. The van der Waals surface area contributed by atoms with E-state index in [-0.39, 0.29) is 11.9 Å². The number of para-hydroxylation sites is 2. The highest BCUT2D eigenvalue weighted by Crippen LogP contribution is 2.41. The molecule has 0 fully saturated rings. The van der Waals surface area contributed by atoms with E-state index in [1.165, 1.54) is 0 Å². The number of hydrogen-bond acceptors (Lipinski definition) is 2. The van der Waals surface area contributed by atoms with Crippen molar-refractivity contribution in [1.29, 1.82) is 0 Å². The first-order valence-corrected chi connectivity index (χ1v) is 9.87. The lowest BCUT2D eigenvalue weighted by molar-refractivity contribution is -0.119. The third-order valence-electron chi connectivity index (χ3n) is 5.12. The molecule has 1 aliphatic heterocycles. The molecule has 0 aliphatic carbocycles. The van der Waals surface area contributed by atoms with E-state index in [4.69, 9.17) is 4.99 Å². The molecule has 3 aromatic carbocycles. The monoisotopic (exact) mass is 368 g/mol. The predicted molar refractivity (Wildman–Crippen MR) is 115 cm³/mol. The number of anilines is 1. The molecule has 0 aromatic heterocycles. The zero-order valence-electron chi connectivity index (χ0n) is 16.1. The molecule has 0 saturated heterocycles. The molecule has 1 atom stereocenters. The molecule has 0 bridgehead atoms. The average molecular weight is 368 g/mol. The number of nitrogens with zero attached hydrogens (tertiary/aromatic N) is 2. The lowest BCUT2D eigenvalue weighted by Crippen LogP contribution is -2.35. The van der Waals surface area contributed by atoms with Gasteiger partial charge in [-0.15, -0.1) is 0 Å². The molecule has 1 heterocycles. The zero-order valence-corrected chi connectivity index (χ0v) is 16.1. The SMILES string of the molecule is CCCC(=O)N1c2ccccc2N=C(c2ccccc2)C[C@@H]1c1ccccc1. The van der Waals surface area contributed by atoms with Gasteiger partial charge in [0.15, 0.2) is 0 Å². The maximum absolute atomic E-state index is 13.2. The Morgan fingerprint density at radius 2 is 1.57 bits per heavy atom. The molecule has 0 radical (unpaired) electrons. The number of carbonyl (C=O) groups is 1. The topological polar surface area (TPSA) is 32.7 Å². The van der Waals surface area contributed by atoms with Gasteiger partial charge in [0, 0.05) is 12.8 Å². The highest BCUT2D eigenvalue weighted by molar-refractivity contribution is 6.07. The van der Waals surface area contributed by atoms with Gasteiger partial charge in [-0.05, 0) is 29.7 Å². The van der Waals surface area contributed by atoms with E-state index in [1.54, 1.807) is 0 Å². The summed E-state index contributed by atoms with van der Waals surface area (Å²) in [5, 5.41) is 0. The fraction of sp³-hybridized carbons (Fsp3) is 0.200. The summed E-state index contributed by atoms with van der Waals surface area (Å²) in [6.07, 6.45) is 2.03. The Morgan fingerprint density at radius 1 is 0.929 bits per heavy atom. The number of hydrogen-bond donors (Lipinski definition) is 0. The number of carbonyl (C=O) groups excluding carboxylic acids is 1. The standard InChI is InChI=1S/C25H24N2O/c1-2-11-25(28)27-23-17-10-9-16-21(23)26-22(19-12-5-3-6-13-19)18-24(27)20-14-7-4-8-15-20/h3-10,12-17,24H,2,11,18H2,1H3/t24-/m1/s1. The quantitative estimate of drug-likeness (QED) is 0.549. The Bertz CT molecular complexity index is 980. The van der Waals surface area contributed by atoms with Gasteiger partial charge in [0.25, 0.3) is 0 Å². The number of amides is 1. The van der Waals surface area contributed by atoms with Crippen LogP contribution in [-0.4, -0.2) is 11.6 Å². The van der Waals surface area contributed by atoms with Gasteiger partial charge in [-0.2, -0.15) is 0 Å². The highest BCUT2D eigenvalue weighted by Gasteiger charge is 2.31. The van der Waals surface area contributed by atoms with E-state index in [0.717, 1.165) is 34.6 Å². The van der Waals surface area contributed by atoms with Crippen molar-refractivity contribution in [3.05, 3.63) is 96.1 Å². The number of aliphatic imine (C=N–C) groups is 1. The Kier molecular flexibility index (Phi) is 5.34. The second-order valence-corrected chi connectivity index (χ2v) is 7.06. The summed E-state index contributed by atoms with van der Waals surface area (Å²) in [5.41, 5.74) is 4.98. The van der Waals surface area contributed by atoms with Gasteiger partial charge in [0.05, 0.1) is 23.1 Å². The molecule has 28 heavy (non-hydrogen) atoms. The van der Waals surface area contributed by atoms with E-state index < -0.39 is 0 Å². The third-order valence-corrected chi connectivity index (χ3v) is 5.12. The van der Waals surface area contributed by atoms with E-state index in [9.17, 15) is 4.79 Å². The number of benzene rings is 3. The first kappa shape index (κ1) is 18.2. The van der Waals surface area contributed by atoms with Crippen LogP contribution in [0.2, 0.25) is 0 Å². The van der Waals surface area contributed by atoms with Crippen LogP contribution in [0.15, 0.2) is 89.9 Å². The molecule has 3 heteroatoms. The van der Waals surface area contributed by atoms with Gasteiger partial charge in [-0.3, -0.25) is 9.79 Å². The molecule has 140 valence electrons. The summed E-state index contributed by atoms with van der Waals surface area (Å²) in [6.45, 7) is 2.05. The van der Waals surface area contributed by atoms with Crippen molar-refractivity contribution in [2.24, 2.45) is 4.99 Å². The second kappa shape index (κ2) is 8.22. The normalized spacial score (nSPS) is 16.1. The van der Waals surface area contributed by atoms with Crippen molar-refractivity contribution < 1.29 is 4.79 Å². The van der Waals surface area contributed by atoms with E-state index in [2.05, 4.69) is 24.3 Å².